The van der Waals surface area contributed by atoms with Crippen LogP contribution in [0.5, 0.6) is 5.75 Å². The van der Waals surface area contributed by atoms with Crippen LogP contribution in [0.3, 0.4) is 0 Å². The SMILES string of the molecule is N#Cc1c(-c2ccc(OCc3ccccc3)cc2)cc(-c2ccc(Br)cc2)nc1N. The van der Waals surface area contributed by atoms with Crippen molar-refractivity contribution in [2.75, 3.05) is 5.73 Å². The normalized spacial score (nSPS) is 10.4. The number of halogens is 1. The third kappa shape index (κ3) is 4.35. The Hall–Kier alpha value is -3.62. The van der Waals surface area contributed by atoms with Crippen molar-refractivity contribution in [1.82, 2.24) is 4.98 Å². The van der Waals surface area contributed by atoms with Gasteiger partial charge in [-0.3, -0.25) is 0 Å². The van der Waals surface area contributed by atoms with E-state index in [0.717, 1.165) is 38.2 Å². The van der Waals surface area contributed by atoms with Crippen LogP contribution in [-0.2, 0) is 6.61 Å². The van der Waals surface area contributed by atoms with Crippen molar-refractivity contribution < 1.29 is 4.74 Å². The van der Waals surface area contributed by atoms with Gasteiger partial charge in [0.05, 0.1) is 5.69 Å². The summed E-state index contributed by atoms with van der Waals surface area (Å²) in [7, 11) is 0. The zero-order chi connectivity index (χ0) is 20.9. The Labute approximate surface area is 183 Å². The molecular formula is C25H18BrN3O. The van der Waals surface area contributed by atoms with Crippen molar-refractivity contribution in [3.8, 4) is 34.2 Å². The zero-order valence-electron chi connectivity index (χ0n) is 16.0. The molecule has 0 aliphatic rings. The monoisotopic (exact) mass is 455 g/mol. The summed E-state index contributed by atoms with van der Waals surface area (Å²) < 4.78 is 6.85. The maximum Gasteiger partial charge on any atom is 0.142 e. The lowest BCUT2D eigenvalue weighted by Crippen LogP contribution is -2.00. The van der Waals surface area contributed by atoms with E-state index in [1.807, 2.05) is 84.9 Å². The van der Waals surface area contributed by atoms with Crippen molar-refractivity contribution in [2.45, 2.75) is 6.61 Å². The Morgan fingerprint density at radius 2 is 1.57 bits per heavy atom. The van der Waals surface area contributed by atoms with E-state index in [1.165, 1.54) is 0 Å². The van der Waals surface area contributed by atoms with Gasteiger partial charge in [0.2, 0.25) is 0 Å². The highest BCUT2D eigenvalue weighted by molar-refractivity contribution is 9.10. The molecule has 0 aliphatic heterocycles. The second-order valence-corrected chi connectivity index (χ2v) is 7.65. The first kappa shape index (κ1) is 19.7. The van der Waals surface area contributed by atoms with Gasteiger partial charge in [0, 0.05) is 15.6 Å². The molecule has 4 rings (SSSR count). The number of nitrogens with zero attached hydrogens (tertiary/aromatic N) is 2. The van der Waals surface area contributed by atoms with Gasteiger partial charge < -0.3 is 10.5 Å². The number of anilines is 1. The molecule has 0 atom stereocenters. The predicted molar refractivity (Wildman–Crippen MR) is 123 cm³/mol. The van der Waals surface area contributed by atoms with Crippen LogP contribution in [0.2, 0.25) is 0 Å². The number of nitriles is 1. The molecule has 0 aliphatic carbocycles. The van der Waals surface area contributed by atoms with Crippen molar-refractivity contribution in [3.05, 3.63) is 101 Å². The lowest BCUT2D eigenvalue weighted by molar-refractivity contribution is 0.306. The van der Waals surface area contributed by atoms with E-state index < -0.39 is 0 Å². The van der Waals surface area contributed by atoms with E-state index in [4.69, 9.17) is 10.5 Å². The first-order chi connectivity index (χ1) is 14.6. The van der Waals surface area contributed by atoms with Crippen molar-refractivity contribution in [3.63, 3.8) is 0 Å². The van der Waals surface area contributed by atoms with Gasteiger partial charge in [-0.15, -0.1) is 0 Å². The van der Waals surface area contributed by atoms with Crippen LogP contribution in [0.15, 0.2) is 89.4 Å². The van der Waals surface area contributed by atoms with Crippen molar-refractivity contribution >= 4 is 21.7 Å². The number of benzene rings is 3. The van der Waals surface area contributed by atoms with Crippen LogP contribution in [0.25, 0.3) is 22.4 Å². The molecule has 0 radical (unpaired) electrons. The Morgan fingerprint density at radius 1 is 0.900 bits per heavy atom. The summed E-state index contributed by atoms with van der Waals surface area (Å²) in [6, 6.07) is 29.6. The van der Waals surface area contributed by atoms with Crippen LogP contribution in [0, 0.1) is 11.3 Å². The number of rotatable bonds is 5. The highest BCUT2D eigenvalue weighted by Gasteiger charge is 2.13. The van der Waals surface area contributed by atoms with E-state index in [9.17, 15) is 5.26 Å². The maximum atomic E-state index is 9.62. The second kappa shape index (κ2) is 8.81. The van der Waals surface area contributed by atoms with Crippen LogP contribution >= 0.6 is 15.9 Å². The van der Waals surface area contributed by atoms with Gasteiger partial charge in [-0.2, -0.15) is 5.26 Å². The fourth-order valence-corrected chi connectivity index (χ4v) is 3.41. The van der Waals surface area contributed by atoms with Crippen LogP contribution < -0.4 is 10.5 Å². The summed E-state index contributed by atoms with van der Waals surface area (Å²) in [5.41, 5.74) is 10.9. The van der Waals surface area contributed by atoms with Gasteiger partial charge in [-0.1, -0.05) is 70.5 Å². The zero-order valence-corrected chi connectivity index (χ0v) is 17.6. The first-order valence-corrected chi connectivity index (χ1v) is 10.2. The molecule has 4 nitrogen and oxygen atoms in total. The number of aromatic nitrogens is 1. The van der Waals surface area contributed by atoms with E-state index in [1.54, 1.807) is 0 Å². The lowest BCUT2D eigenvalue weighted by Gasteiger charge is -2.11. The Bertz CT molecular complexity index is 1200. The lowest BCUT2D eigenvalue weighted by atomic mass is 9.98. The van der Waals surface area contributed by atoms with Gasteiger partial charge in [-0.25, -0.2) is 4.98 Å². The highest BCUT2D eigenvalue weighted by atomic mass is 79.9. The summed E-state index contributed by atoms with van der Waals surface area (Å²) in [5.74, 6) is 0.980. The van der Waals surface area contributed by atoms with Crippen LogP contribution in [0.4, 0.5) is 5.82 Å². The molecule has 0 saturated carbocycles. The second-order valence-electron chi connectivity index (χ2n) is 6.73. The van der Waals surface area contributed by atoms with Crippen molar-refractivity contribution in [2.24, 2.45) is 0 Å². The van der Waals surface area contributed by atoms with E-state index >= 15 is 0 Å². The third-order valence-corrected chi connectivity index (χ3v) is 5.24. The first-order valence-electron chi connectivity index (χ1n) is 9.38. The number of ether oxygens (including phenoxy) is 1. The maximum absolute atomic E-state index is 9.62. The number of hydrogen-bond donors (Lipinski definition) is 1. The summed E-state index contributed by atoms with van der Waals surface area (Å²) in [5, 5.41) is 9.62. The molecule has 1 heterocycles. The topological polar surface area (TPSA) is 71.9 Å². The third-order valence-electron chi connectivity index (χ3n) is 4.71. The summed E-state index contributed by atoms with van der Waals surface area (Å²) in [6.07, 6.45) is 0. The molecule has 0 spiro atoms. The molecule has 2 N–H and O–H groups in total. The molecule has 1 aromatic heterocycles. The molecule has 0 amide bonds. The highest BCUT2D eigenvalue weighted by Crippen LogP contribution is 2.32. The van der Waals surface area contributed by atoms with Gasteiger partial charge in [0.25, 0.3) is 0 Å². The Morgan fingerprint density at radius 3 is 2.23 bits per heavy atom. The Balaban J connectivity index is 1.64. The van der Waals surface area contributed by atoms with E-state index in [2.05, 4.69) is 27.0 Å². The number of pyridine rings is 1. The Kier molecular flexibility index (Phi) is 5.78. The minimum absolute atomic E-state index is 0.220. The summed E-state index contributed by atoms with van der Waals surface area (Å²) in [6.45, 7) is 0.500. The number of nitrogens with two attached hydrogens (primary N) is 1. The van der Waals surface area contributed by atoms with E-state index in [0.29, 0.717) is 12.2 Å². The van der Waals surface area contributed by atoms with Crippen molar-refractivity contribution in [1.29, 1.82) is 5.26 Å². The standard InChI is InChI=1S/C25H18BrN3O/c26-20-10-6-19(7-11-20)24-14-22(23(15-27)25(28)29-24)18-8-12-21(13-9-18)30-16-17-4-2-1-3-5-17/h1-14H,16H2,(H2,28,29). The molecule has 30 heavy (non-hydrogen) atoms. The summed E-state index contributed by atoms with van der Waals surface area (Å²) in [4.78, 5) is 4.43. The molecule has 0 saturated heterocycles. The molecule has 0 fully saturated rings. The minimum atomic E-state index is 0.220. The van der Waals surface area contributed by atoms with Gasteiger partial charge >= 0.3 is 0 Å². The number of hydrogen-bond acceptors (Lipinski definition) is 4. The molecule has 146 valence electrons. The van der Waals surface area contributed by atoms with Gasteiger partial charge in [0.1, 0.15) is 29.8 Å². The molecular weight excluding hydrogens is 438 g/mol. The smallest absolute Gasteiger partial charge is 0.142 e. The quantitative estimate of drug-likeness (QED) is 0.388. The summed E-state index contributed by atoms with van der Waals surface area (Å²) >= 11 is 3.44. The van der Waals surface area contributed by atoms with Gasteiger partial charge in [0.15, 0.2) is 0 Å². The minimum Gasteiger partial charge on any atom is -0.489 e. The average Bonchev–Trinajstić information content (AvgIpc) is 2.79. The average molecular weight is 456 g/mol. The molecule has 0 bridgehead atoms. The van der Waals surface area contributed by atoms with E-state index in [-0.39, 0.29) is 5.82 Å². The molecule has 0 unspecified atom stereocenters. The molecule has 5 heteroatoms. The van der Waals surface area contributed by atoms with Crippen LogP contribution in [-0.4, -0.2) is 4.98 Å². The van der Waals surface area contributed by atoms with Crippen LogP contribution in [0.1, 0.15) is 11.1 Å². The fourth-order valence-electron chi connectivity index (χ4n) is 3.15. The number of nitrogen functional groups attached to an aromatic ring is 1. The predicted octanol–water partition coefficient (Wildman–Crippen LogP) is 6.21. The fraction of sp³-hybridized carbons (Fsp3) is 0.0400. The largest absolute Gasteiger partial charge is 0.489 e. The molecule has 3 aromatic carbocycles. The molecule has 4 aromatic rings. The van der Waals surface area contributed by atoms with Gasteiger partial charge in [-0.05, 0) is 41.5 Å².